The first kappa shape index (κ1) is 9.81. The number of hydrazine groups is 1. The third-order valence-electron chi connectivity index (χ3n) is 3.14. The van der Waals surface area contributed by atoms with E-state index in [1.165, 1.54) is 32.0 Å². The smallest absolute Gasteiger partial charge is 0.221 e. The predicted octanol–water partition coefficient (Wildman–Crippen LogP) is 1.58. The van der Waals surface area contributed by atoms with Crippen LogP contribution in [0.15, 0.2) is 24.3 Å². The van der Waals surface area contributed by atoms with Crippen molar-refractivity contribution >= 4 is 11.6 Å². The van der Waals surface area contributed by atoms with Gasteiger partial charge in [-0.3, -0.25) is 4.79 Å². The van der Waals surface area contributed by atoms with E-state index in [9.17, 15) is 4.79 Å². The Morgan fingerprint density at radius 3 is 2.44 bits per heavy atom. The Morgan fingerprint density at radius 1 is 1.25 bits per heavy atom. The van der Waals surface area contributed by atoms with Crippen molar-refractivity contribution in [2.45, 2.75) is 19.5 Å². The van der Waals surface area contributed by atoms with Gasteiger partial charge in [-0.05, 0) is 24.1 Å². The molecule has 2 aliphatic rings. The van der Waals surface area contributed by atoms with Crippen molar-refractivity contribution in [1.29, 1.82) is 0 Å². The maximum absolute atomic E-state index is 10.9. The molecular formula is C12H15N3O. The van der Waals surface area contributed by atoms with Crippen molar-refractivity contribution in [3.63, 3.8) is 0 Å². The second-order valence-electron chi connectivity index (χ2n) is 4.36. The van der Waals surface area contributed by atoms with Gasteiger partial charge in [0, 0.05) is 25.7 Å². The number of anilines is 1. The lowest BCUT2D eigenvalue weighted by molar-refractivity contribution is -0.114. The molecule has 3 rings (SSSR count). The van der Waals surface area contributed by atoms with Gasteiger partial charge in [0.25, 0.3) is 0 Å². The Kier molecular flexibility index (Phi) is 2.19. The minimum atomic E-state index is -0.0245. The first-order valence-corrected chi connectivity index (χ1v) is 5.66. The summed E-state index contributed by atoms with van der Waals surface area (Å²) in [5.41, 5.74) is 2.18. The molecule has 0 radical (unpaired) electrons. The van der Waals surface area contributed by atoms with Crippen molar-refractivity contribution in [2.24, 2.45) is 0 Å². The zero-order chi connectivity index (χ0) is 11.1. The van der Waals surface area contributed by atoms with Crippen LogP contribution in [0.25, 0.3) is 0 Å². The molecule has 0 spiro atoms. The molecule has 2 aliphatic heterocycles. The highest BCUT2D eigenvalue weighted by atomic mass is 16.1. The van der Waals surface area contributed by atoms with Crippen molar-refractivity contribution in [3.8, 4) is 0 Å². The molecule has 4 nitrogen and oxygen atoms in total. The third kappa shape index (κ3) is 1.60. The monoisotopic (exact) mass is 217 g/mol. The van der Waals surface area contributed by atoms with Gasteiger partial charge in [0.2, 0.25) is 5.91 Å². The van der Waals surface area contributed by atoms with Crippen molar-refractivity contribution in [1.82, 2.24) is 10.0 Å². The van der Waals surface area contributed by atoms with Crippen LogP contribution in [-0.4, -0.2) is 29.0 Å². The standard InChI is InChI=1S/C12H15N3O/c1-9(16)13-11-5-3-10(4-6-11)12-14-7-2-8-15(12)14/h3-6,12H,2,7-8H2,1H3,(H,13,16). The van der Waals surface area contributed by atoms with Gasteiger partial charge in [0.05, 0.1) is 0 Å². The average molecular weight is 217 g/mol. The second-order valence-corrected chi connectivity index (χ2v) is 4.36. The fourth-order valence-electron chi connectivity index (χ4n) is 2.43. The van der Waals surface area contributed by atoms with Gasteiger partial charge in [0.15, 0.2) is 0 Å². The summed E-state index contributed by atoms with van der Waals surface area (Å²) in [6, 6.07) is 8.11. The van der Waals surface area contributed by atoms with Gasteiger partial charge in [-0.25, -0.2) is 10.0 Å². The normalized spacial score (nSPS) is 30.9. The molecule has 1 aromatic rings. The maximum Gasteiger partial charge on any atom is 0.221 e. The number of hydrogen-bond acceptors (Lipinski definition) is 3. The van der Waals surface area contributed by atoms with E-state index in [0.29, 0.717) is 6.17 Å². The third-order valence-corrected chi connectivity index (χ3v) is 3.14. The van der Waals surface area contributed by atoms with Gasteiger partial charge in [-0.1, -0.05) is 12.1 Å². The maximum atomic E-state index is 10.9. The molecule has 0 aromatic heterocycles. The topological polar surface area (TPSA) is 35.1 Å². The Labute approximate surface area is 94.8 Å². The van der Waals surface area contributed by atoms with Gasteiger partial charge in [0.1, 0.15) is 6.17 Å². The van der Waals surface area contributed by atoms with E-state index < -0.39 is 0 Å². The molecule has 2 fully saturated rings. The largest absolute Gasteiger partial charge is 0.326 e. The molecule has 1 aromatic carbocycles. The lowest BCUT2D eigenvalue weighted by Crippen LogP contribution is -2.05. The SMILES string of the molecule is CC(=O)Nc1ccc(C2N3CCCN23)cc1. The highest BCUT2D eigenvalue weighted by Gasteiger charge is 2.48. The Morgan fingerprint density at radius 2 is 1.88 bits per heavy atom. The number of fused-ring (bicyclic) bond motifs is 1. The van der Waals surface area contributed by atoms with E-state index >= 15 is 0 Å². The molecule has 16 heavy (non-hydrogen) atoms. The van der Waals surface area contributed by atoms with E-state index in [2.05, 4.69) is 27.5 Å². The molecule has 0 saturated carbocycles. The number of carbonyl (C=O) groups is 1. The first-order valence-electron chi connectivity index (χ1n) is 5.66. The predicted molar refractivity (Wildman–Crippen MR) is 61.5 cm³/mol. The van der Waals surface area contributed by atoms with Crippen LogP contribution in [0.4, 0.5) is 5.69 Å². The minimum Gasteiger partial charge on any atom is -0.326 e. The van der Waals surface area contributed by atoms with Crippen molar-refractivity contribution in [3.05, 3.63) is 29.8 Å². The van der Waals surface area contributed by atoms with E-state index in [1.807, 2.05) is 12.1 Å². The summed E-state index contributed by atoms with van der Waals surface area (Å²) in [7, 11) is 0. The molecule has 2 atom stereocenters. The van der Waals surface area contributed by atoms with Crippen LogP contribution < -0.4 is 5.32 Å². The molecule has 4 heteroatoms. The van der Waals surface area contributed by atoms with E-state index in [-0.39, 0.29) is 5.91 Å². The van der Waals surface area contributed by atoms with Crippen LogP contribution >= 0.6 is 0 Å². The number of carbonyl (C=O) groups excluding carboxylic acids is 1. The summed E-state index contributed by atoms with van der Waals surface area (Å²) >= 11 is 0. The van der Waals surface area contributed by atoms with Crippen LogP contribution in [0.2, 0.25) is 0 Å². The summed E-state index contributed by atoms with van der Waals surface area (Å²) in [5, 5.41) is 7.54. The molecule has 2 unspecified atom stereocenters. The number of nitrogens with one attached hydrogen (secondary N) is 1. The molecule has 2 saturated heterocycles. The molecule has 0 bridgehead atoms. The average Bonchev–Trinajstić information content (AvgIpc) is 2.73. The fraction of sp³-hybridized carbons (Fsp3) is 0.417. The van der Waals surface area contributed by atoms with Crippen molar-refractivity contribution in [2.75, 3.05) is 18.4 Å². The summed E-state index contributed by atoms with van der Waals surface area (Å²) in [6.07, 6.45) is 1.76. The van der Waals surface area contributed by atoms with Crippen LogP contribution in [0.3, 0.4) is 0 Å². The number of nitrogens with zero attached hydrogens (tertiary/aromatic N) is 2. The van der Waals surface area contributed by atoms with Gasteiger partial charge in [-0.2, -0.15) is 0 Å². The van der Waals surface area contributed by atoms with Gasteiger partial charge in [-0.15, -0.1) is 0 Å². The zero-order valence-electron chi connectivity index (χ0n) is 9.31. The molecule has 84 valence electrons. The Hall–Kier alpha value is -1.39. The summed E-state index contributed by atoms with van der Waals surface area (Å²) < 4.78 is 0. The van der Waals surface area contributed by atoms with E-state index in [1.54, 1.807) is 0 Å². The lowest BCUT2D eigenvalue weighted by Gasteiger charge is -2.04. The highest BCUT2D eigenvalue weighted by Crippen LogP contribution is 2.44. The number of rotatable bonds is 2. The van der Waals surface area contributed by atoms with Crippen LogP contribution in [0.5, 0.6) is 0 Å². The minimum absolute atomic E-state index is 0.0245. The summed E-state index contributed by atoms with van der Waals surface area (Å²) in [5.74, 6) is -0.0245. The zero-order valence-corrected chi connectivity index (χ0v) is 9.31. The lowest BCUT2D eigenvalue weighted by atomic mass is 10.1. The Balaban J connectivity index is 1.71. The number of benzene rings is 1. The molecule has 1 N–H and O–H groups in total. The van der Waals surface area contributed by atoms with Crippen LogP contribution in [-0.2, 0) is 4.79 Å². The van der Waals surface area contributed by atoms with Crippen molar-refractivity contribution < 1.29 is 4.79 Å². The molecular weight excluding hydrogens is 202 g/mol. The fourth-order valence-corrected chi connectivity index (χ4v) is 2.43. The second kappa shape index (κ2) is 3.57. The molecule has 0 aliphatic carbocycles. The molecule has 2 heterocycles. The van der Waals surface area contributed by atoms with Gasteiger partial charge < -0.3 is 5.32 Å². The quantitative estimate of drug-likeness (QED) is 0.764. The van der Waals surface area contributed by atoms with Crippen LogP contribution in [0, 0.1) is 0 Å². The highest BCUT2D eigenvalue weighted by molar-refractivity contribution is 5.88. The van der Waals surface area contributed by atoms with Crippen LogP contribution in [0.1, 0.15) is 25.1 Å². The molecule has 1 amide bonds. The van der Waals surface area contributed by atoms with Gasteiger partial charge >= 0.3 is 0 Å². The summed E-state index contributed by atoms with van der Waals surface area (Å²) in [6.45, 7) is 3.88. The number of hydrogen-bond donors (Lipinski definition) is 1. The Bertz CT molecular complexity index is 405. The number of amides is 1. The first-order chi connectivity index (χ1) is 7.75. The van der Waals surface area contributed by atoms with E-state index in [0.717, 1.165) is 5.69 Å². The van der Waals surface area contributed by atoms with E-state index in [4.69, 9.17) is 0 Å². The summed E-state index contributed by atoms with van der Waals surface area (Å²) in [4.78, 5) is 10.9.